The van der Waals surface area contributed by atoms with Gasteiger partial charge in [-0.25, -0.2) is 9.78 Å². The van der Waals surface area contributed by atoms with Crippen LogP contribution in [0, 0.1) is 0 Å². The molecule has 1 saturated heterocycles. The lowest BCUT2D eigenvalue weighted by molar-refractivity contribution is -0.0707. The van der Waals surface area contributed by atoms with E-state index >= 15 is 0 Å². The average Bonchev–Trinajstić information content (AvgIpc) is 3.08. The number of hydrogen-bond donors (Lipinski definition) is 2. The van der Waals surface area contributed by atoms with Gasteiger partial charge in [0.1, 0.15) is 0 Å². The highest BCUT2D eigenvalue weighted by molar-refractivity contribution is 7.14. The number of rotatable bonds is 6. The van der Waals surface area contributed by atoms with E-state index in [-0.39, 0.29) is 24.7 Å². The maximum absolute atomic E-state index is 12.5. The minimum Gasteiger partial charge on any atom is -0.450 e. The van der Waals surface area contributed by atoms with E-state index in [1.54, 1.807) is 31.2 Å². The van der Waals surface area contributed by atoms with Crippen molar-refractivity contribution in [3.63, 3.8) is 0 Å². The number of nitrogens with one attached hydrogen (secondary N) is 2. The van der Waals surface area contributed by atoms with Gasteiger partial charge >= 0.3 is 6.09 Å². The van der Waals surface area contributed by atoms with Crippen molar-refractivity contribution in [3.05, 3.63) is 40.9 Å². The zero-order chi connectivity index (χ0) is 20.8. The molecule has 2 N–H and O–H groups in total. The van der Waals surface area contributed by atoms with Crippen LogP contribution in [0.2, 0.25) is 0 Å². The fourth-order valence-corrected chi connectivity index (χ4v) is 3.97. The van der Waals surface area contributed by atoms with Crippen molar-refractivity contribution in [1.82, 2.24) is 9.88 Å². The van der Waals surface area contributed by atoms with Crippen LogP contribution in [-0.2, 0) is 16.0 Å². The first kappa shape index (κ1) is 21.2. The van der Waals surface area contributed by atoms with Gasteiger partial charge in [-0.1, -0.05) is 6.07 Å². The molecule has 8 nitrogen and oxygen atoms in total. The SMILES string of the molecule is CCOC(=O)Nc1cccc(C(=O)Nc2nc(CN3CC(C)OC(C)C3)cs2)c1. The molecule has 2 amide bonds. The fourth-order valence-electron chi connectivity index (χ4n) is 3.27. The average molecular weight is 419 g/mol. The highest BCUT2D eigenvalue weighted by atomic mass is 32.1. The summed E-state index contributed by atoms with van der Waals surface area (Å²) in [6.45, 7) is 8.60. The molecule has 2 atom stereocenters. The van der Waals surface area contributed by atoms with E-state index in [9.17, 15) is 9.59 Å². The highest BCUT2D eigenvalue weighted by Crippen LogP contribution is 2.20. The predicted octanol–water partition coefficient (Wildman–Crippen LogP) is 3.57. The Labute approximate surface area is 174 Å². The van der Waals surface area contributed by atoms with Crippen molar-refractivity contribution < 1.29 is 19.1 Å². The van der Waals surface area contributed by atoms with Crippen LogP contribution >= 0.6 is 11.3 Å². The van der Waals surface area contributed by atoms with Crippen molar-refractivity contribution >= 4 is 34.2 Å². The summed E-state index contributed by atoms with van der Waals surface area (Å²) in [6, 6.07) is 6.66. The van der Waals surface area contributed by atoms with Gasteiger partial charge in [0.05, 0.1) is 24.5 Å². The summed E-state index contributed by atoms with van der Waals surface area (Å²) in [4.78, 5) is 30.9. The van der Waals surface area contributed by atoms with Gasteiger partial charge in [0.25, 0.3) is 5.91 Å². The normalized spacial score (nSPS) is 19.6. The number of nitrogens with zero attached hydrogens (tertiary/aromatic N) is 2. The number of amides is 2. The molecule has 0 radical (unpaired) electrons. The number of carbonyl (C=O) groups is 2. The second-order valence-corrected chi connectivity index (χ2v) is 7.83. The zero-order valence-electron chi connectivity index (χ0n) is 16.8. The Kier molecular flexibility index (Phi) is 7.18. The summed E-state index contributed by atoms with van der Waals surface area (Å²) in [7, 11) is 0. The molecule has 9 heteroatoms. The van der Waals surface area contributed by atoms with Crippen molar-refractivity contribution in [1.29, 1.82) is 0 Å². The zero-order valence-corrected chi connectivity index (χ0v) is 17.6. The number of hydrogen-bond acceptors (Lipinski definition) is 7. The maximum Gasteiger partial charge on any atom is 0.411 e. The third kappa shape index (κ3) is 6.25. The van der Waals surface area contributed by atoms with E-state index in [1.807, 2.05) is 5.38 Å². The minimum absolute atomic E-state index is 0.201. The molecule has 2 unspecified atom stereocenters. The molecule has 1 fully saturated rings. The number of thiazole rings is 1. The lowest BCUT2D eigenvalue weighted by Crippen LogP contribution is -2.44. The third-order valence-electron chi connectivity index (χ3n) is 4.30. The van der Waals surface area contributed by atoms with Gasteiger partial charge in [0.15, 0.2) is 5.13 Å². The van der Waals surface area contributed by atoms with Gasteiger partial charge in [0, 0.05) is 36.3 Å². The molecule has 1 aromatic heterocycles. The summed E-state index contributed by atoms with van der Waals surface area (Å²) in [5.41, 5.74) is 1.84. The lowest BCUT2D eigenvalue weighted by Gasteiger charge is -2.34. The molecule has 1 aromatic carbocycles. The molecule has 0 bridgehead atoms. The Bertz CT molecular complexity index is 847. The van der Waals surface area contributed by atoms with Crippen LogP contribution in [0.3, 0.4) is 0 Å². The molecule has 2 aromatic rings. The van der Waals surface area contributed by atoms with Gasteiger partial charge in [-0.05, 0) is 39.0 Å². The molecule has 1 aliphatic rings. The van der Waals surface area contributed by atoms with Crippen LogP contribution in [0.4, 0.5) is 15.6 Å². The quantitative estimate of drug-likeness (QED) is 0.745. The van der Waals surface area contributed by atoms with E-state index in [2.05, 4.69) is 34.4 Å². The second-order valence-electron chi connectivity index (χ2n) is 6.98. The largest absolute Gasteiger partial charge is 0.450 e. The number of benzene rings is 1. The van der Waals surface area contributed by atoms with Crippen LogP contribution in [-0.4, -0.2) is 53.8 Å². The smallest absolute Gasteiger partial charge is 0.411 e. The molecular formula is C20H26N4O4S. The number of ether oxygens (including phenoxy) is 2. The monoisotopic (exact) mass is 418 g/mol. The molecule has 0 saturated carbocycles. The summed E-state index contributed by atoms with van der Waals surface area (Å²) in [6.07, 6.45) is -0.152. The van der Waals surface area contributed by atoms with Crippen LogP contribution in [0.15, 0.2) is 29.6 Å². The van der Waals surface area contributed by atoms with Crippen LogP contribution < -0.4 is 10.6 Å². The second kappa shape index (κ2) is 9.82. The first-order valence-corrected chi connectivity index (χ1v) is 10.5. The first-order valence-electron chi connectivity index (χ1n) is 9.60. The van der Waals surface area contributed by atoms with E-state index in [1.165, 1.54) is 11.3 Å². The van der Waals surface area contributed by atoms with Gasteiger partial charge in [-0.15, -0.1) is 11.3 Å². The molecule has 29 heavy (non-hydrogen) atoms. The molecule has 3 rings (SSSR count). The van der Waals surface area contributed by atoms with E-state index < -0.39 is 6.09 Å². The molecule has 1 aliphatic heterocycles. The fraction of sp³-hybridized carbons (Fsp3) is 0.450. The topological polar surface area (TPSA) is 92.8 Å². The summed E-state index contributed by atoms with van der Waals surface area (Å²) in [5.74, 6) is -0.285. The van der Waals surface area contributed by atoms with Gasteiger partial charge in [0.2, 0.25) is 0 Å². The van der Waals surface area contributed by atoms with E-state index in [0.29, 0.717) is 16.4 Å². The minimum atomic E-state index is -0.554. The van der Waals surface area contributed by atoms with Gasteiger partial charge in [-0.3, -0.25) is 20.3 Å². The van der Waals surface area contributed by atoms with Gasteiger partial charge in [-0.2, -0.15) is 0 Å². The van der Waals surface area contributed by atoms with E-state index in [0.717, 1.165) is 25.3 Å². The number of anilines is 2. The summed E-state index contributed by atoms with van der Waals surface area (Å²) in [5, 5.41) is 7.91. The van der Waals surface area contributed by atoms with Crippen molar-refractivity contribution in [3.8, 4) is 0 Å². The third-order valence-corrected chi connectivity index (χ3v) is 5.11. The van der Waals surface area contributed by atoms with Crippen molar-refractivity contribution in [2.24, 2.45) is 0 Å². The highest BCUT2D eigenvalue weighted by Gasteiger charge is 2.23. The maximum atomic E-state index is 12.5. The van der Waals surface area contributed by atoms with Crippen molar-refractivity contribution in [2.75, 3.05) is 30.3 Å². The molecular weight excluding hydrogens is 392 g/mol. The lowest BCUT2D eigenvalue weighted by atomic mass is 10.2. The van der Waals surface area contributed by atoms with Crippen LogP contribution in [0.25, 0.3) is 0 Å². The first-order chi connectivity index (χ1) is 13.9. The Morgan fingerprint density at radius 1 is 1.28 bits per heavy atom. The predicted molar refractivity (Wildman–Crippen MR) is 112 cm³/mol. The van der Waals surface area contributed by atoms with Crippen molar-refractivity contribution in [2.45, 2.75) is 39.5 Å². The number of carbonyl (C=O) groups excluding carboxylic acids is 2. The van der Waals surface area contributed by atoms with Crippen LogP contribution in [0.5, 0.6) is 0 Å². The molecule has 156 valence electrons. The standard InChI is InChI=1S/C20H26N4O4S/c1-4-27-20(26)22-16-7-5-6-15(8-16)18(25)23-19-21-17(12-29-19)11-24-9-13(2)28-14(3)10-24/h5-8,12-14H,4,9-11H2,1-3H3,(H,22,26)(H,21,23,25). The summed E-state index contributed by atoms with van der Waals surface area (Å²) >= 11 is 1.39. The Hall–Kier alpha value is -2.49. The molecule has 2 heterocycles. The summed E-state index contributed by atoms with van der Waals surface area (Å²) < 4.78 is 10.6. The van der Waals surface area contributed by atoms with E-state index in [4.69, 9.17) is 9.47 Å². The number of aromatic nitrogens is 1. The van der Waals surface area contributed by atoms with Gasteiger partial charge < -0.3 is 9.47 Å². The van der Waals surface area contributed by atoms with Crippen LogP contribution in [0.1, 0.15) is 36.8 Å². The number of morpholine rings is 1. The Morgan fingerprint density at radius 3 is 2.76 bits per heavy atom. The molecule has 0 aliphatic carbocycles. The Morgan fingerprint density at radius 2 is 2.03 bits per heavy atom. The molecule has 0 spiro atoms. The Balaban J connectivity index is 1.58.